The van der Waals surface area contributed by atoms with E-state index in [1.165, 1.54) is 0 Å². The van der Waals surface area contributed by atoms with Gasteiger partial charge in [0.25, 0.3) is 0 Å². The zero-order chi connectivity index (χ0) is 12.7. The Hall–Kier alpha value is -1.22. The van der Waals surface area contributed by atoms with Gasteiger partial charge in [-0.25, -0.2) is 0 Å². The van der Waals surface area contributed by atoms with E-state index in [1.807, 2.05) is 24.3 Å². The van der Waals surface area contributed by atoms with Crippen LogP contribution in [0.15, 0.2) is 24.3 Å². The zero-order valence-corrected chi connectivity index (χ0v) is 11.2. The van der Waals surface area contributed by atoms with E-state index in [4.69, 9.17) is 9.47 Å². The second-order valence-corrected chi connectivity index (χ2v) is 4.38. The minimum absolute atomic E-state index is 0.198. The topological polar surface area (TPSA) is 30.5 Å². The second kappa shape index (κ2) is 7.17. The van der Waals surface area contributed by atoms with Gasteiger partial charge >= 0.3 is 0 Å². The number of ether oxygens (including phenoxy) is 2. The van der Waals surface area contributed by atoms with Gasteiger partial charge < -0.3 is 14.8 Å². The third-order valence-corrected chi connectivity index (χ3v) is 2.69. The Balaban J connectivity index is 2.58. The van der Waals surface area contributed by atoms with Gasteiger partial charge in [0.15, 0.2) is 0 Å². The molecule has 3 heteroatoms. The van der Waals surface area contributed by atoms with Gasteiger partial charge in [-0.3, -0.25) is 0 Å². The molecule has 1 unspecified atom stereocenters. The largest absolute Gasteiger partial charge is 0.497 e. The first-order chi connectivity index (χ1) is 8.17. The maximum atomic E-state index is 5.96. The molecule has 0 amide bonds. The number of rotatable bonds is 7. The van der Waals surface area contributed by atoms with Gasteiger partial charge in [-0.05, 0) is 36.7 Å². The van der Waals surface area contributed by atoms with E-state index in [0.717, 1.165) is 24.6 Å². The van der Waals surface area contributed by atoms with Crippen molar-refractivity contribution in [3.63, 3.8) is 0 Å². The van der Waals surface area contributed by atoms with Crippen LogP contribution in [0.4, 0.5) is 0 Å². The van der Waals surface area contributed by atoms with Gasteiger partial charge in [-0.2, -0.15) is 0 Å². The van der Waals surface area contributed by atoms with Crippen molar-refractivity contribution in [1.29, 1.82) is 0 Å². The standard InChI is InChI=1S/C14H23NO2/c1-5-15-10-14(11(2)3)17-13-8-6-12(16-4)7-9-13/h6-9,11,14-15H,5,10H2,1-4H3. The summed E-state index contributed by atoms with van der Waals surface area (Å²) in [6.45, 7) is 8.29. The molecule has 1 aromatic carbocycles. The Morgan fingerprint density at radius 1 is 1.12 bits per heavy atom. The van der Waals surface area contributed by atoms with E-state index < -0.39 is 0 Å². The van der Waals surface area contributed by atoms with Crippen molar-refractivity contribution in [1.82, 2.24) is 5.32 Å². The van der Waals surface area contributed by atoms with Crippen LogP contribution in [-0.4, -0.2) is 26.3 Å². The summed E-state index contributed by atoms with van der Waals surface area (Å²) in [7, 11) is 1.66. The minimum Gasteiger partial charge on any atom is -0.497 e. The molecule has 0 spiro atoms. The molecule has 96 valence electrons. The molecule has 17 heavy (non-hydrogen) atoms. The Labute approximate surface area is 104 Å². The van der Waals surface area contributed by atoms with Gasteiger partial charge in [-0.1, -0.05) is 20.8 Å². The van der Waals surface area contributed by atoms with Gasteiger partial charge in [0, 0.05) is 6.54 Å². The van der Waals surface area contributed by atoms with Crippen LogP contribution in [-0.2, 0) is 0 Å². The summed E-state index contributed by atoms with van der Waals surface area (Å²) in [5.74, 6) is 2.23. The molecular formula is C14H23NO2. The molecule has 0 radical (unpaired) electrons. The lowest BCUT2D eigenvalue weighted by atomic mass is 10.1. The maximum absolute atomic E-state index is 5.96. The van der Waals surface area contributed by atoms with E-state index >= 15 is 0 Å². The molecule has 1 atom stereocenters. The fourth-order valence-corrected chi connectivity index (χ4v) is 1.53. The molecule has 0 saturated heterocycles. The lowest BCUT2D eigenvalue weighted by Gasteiger charge is -2.23. The fourth-order valence-electron chi connectivity index (χ4n) is 1.53. The van der Waals surface area contributed by atoms with Crippen LogP contribution in [0.25, 0.3) is 0 Å². The molecule has 0 bridgehead atoms. The SMILES string of the molecule is CCNCC(Oc1ccc(OC)cc1)C(C)C. The highest BCUT2D eigenvalue weighted by molar-refractivity contribution is 5.31. The van der Waals surface area contributed by atoms with Crippen LogP contribution in [0.1, 0.15) is 20.8 Å². The fraction of sp³-hybridized carbons (Fsp3) is 0.571. The number of nitrogens with one attached hydrogen (secondary N) is 1. The minimum atomic E-state index is 0.198. The summed E-state index contributed by atoms with van der Waals surface area (Å²) in [5.41, 5.74) is 0. The summed E-state index contributed by atoms with van der Waals surface area (Å²) in [4.78, 5) is 0. The maximum Gasteiger partial charge on any atom is 0.120 e. The van der Waals surface area contributed by atoms with Crippen molar-refractivity contribution in [3.05, 3.63) is 24.3 Å². The zero-order valence-electron chi connectivity index (χ0n) is 11.2. The molecule has 3 nitrogen and oxygen atoms in total. The predicted molar refractivity (Wildman–Crippen MR) is 70.8 cm³/mol. The van der Waals surface area contributed by atoms with Crippen molar-refractivity contribution >= 4 is 0 Å². The summed E-state index contributed by atoms with van der Waals surface area (Å²) < 4.78 is 11.1. The summed E-state index contributed by atoms with van der Waals surface area (Å²) >= 11 is 0. The second-order valence-electron chi connectivity index (χ2n) is 4.38. The first-order valence-electron chi connectivity index (χ1n) is 6.18. The average molecular weight is 237 g/mol. The predicted octanol–water partition coefficient (Wildman–Crippen LogP) is 2.71. The van der Waals surface area contributed by atoms with Gasteiger partial charge in [-0.15, -0.1) is 0 Å². The average Bonchev–Trinajstić information content (AvgIpc) is 2.35. The van der Waals surface area contributed by atoms with Gasteiger partial charge in [0.1, 0.15) is 17.6 Å². The number of likely N-dealkylation sites (N-methyl/N-ethyl adjacent to an activating group) is 1. The quantitative estimate of drug-likeness (QED) is 0.791. The number of hydrogen-bond acceptors (Lipinski definition) is 3. The first-order valence-corrected chi connectivity index (χ1v) is 6.18. The summed E-state index contributed by atoms with van der Waals surface area (Å²) in [6, 6.07) is 7.72. The van der Waals surface area contributed by atoms with Gasteiger partial charge in [0.2, 0.25) is 0 Å². The number of hydrogen-bond donors (Lipinski definition) is 1. The molecule has 0 heterocycles. The van der Waals surface area contributed by atoms with Crippen LogP contribution < -0.4 is 14.8 Å². The third-order valence-electron chi connectivity index (χ3n) is 2.69. The lowest BCUT2D eigenvalue weighted by molar-refractivity contribution is 0.149. The highest BCUT2D eigenvalue weighted by Gasteiger charge is 2.14. The smallest absolute Gasteiger partial charge is 0.120 e. The molecule has 1 rings (SSSR count). The summed E-state index contributed by atoms with van der Waals surface area (Å²) in [5, 5.41) is 3.32. The Morgan fingerprint density at radius 3 is 2.18 bits per heavy atom. The Bertz CT molecular complexity index is 309. The van der Waals surface area contributed by atoms with Crippen molar-refractivity contribution in [3.8, 4) is 11.5 Å². The van der Waals surface area contributed by atoms with Crippen molar-refractivity contribution in [2.45, 2.75) is 26.9 Å². The lowest BCUT2D eigenvalue weighted by Crippen LogP contribution is -2.35. The van der Waals surface area contributed by atoms with E-state index in [0.29, 0.717) is 5.92 Å². The third kappa shape index (κ3) is 4.65. The number of benzene rings is 1. The van der Waals surface area contributed by atoms with E-state index in [9.17, 15) is 0 Å². The normalized spacial score (nSPS) is 12.5. The van der Waals surface area contributed by atoms with Crippen LogP contribution in [0.2, 0.25) is 0 Å². The molecular weight excluding hydrogens is 214 g/mol. The molecule has 0 aliphatic rings. The van der Waals surface area contributed by atoms with Crippen molar-refractivity contribution < 1.29 is 9.47 Å². The van der Waals surface area contributed by atoms with E-state index in [1.54, 1.807) is 7.11 Å². The molecule has 0 aromatic heterocycles. The highest BCUT2D eigenvalue weighted by atomic mass is 16.5. The molecule has 1 N–H and O–H groups in total. The molecule has 0 saturated carbocycles. The molecule has 0 aliphatic heterocycles. The van der Waals surface area contributed by atoms with Crippen molar-refractivity contribution in [2.75, 3.05) is 20.2 Å². The van der Waals surface area contributed by atoms with Crippen LogP contribution >= 0.6 is 0 Å². The van der Waals surface area contributed by atoms with Crippen molar-refractivity contribution in [2.24, 2.45) is 5.92 Å². The molecule has 1 aromatic rings. The van der Waals surface area contributed by atoms with Crippen LogP contribution in [0.5, 0.6) is 11.5 Å². The number of methoxy groups -OCH3 is 1. The van der Waals surface area contributed by atoms with Gasteiger partial charge in [0.05, 0.1) is 7.11 Å². The Morgan fingerprint density at radius 2 is 1.71 bits per heavy atom. The van der Waals surface area contributed by atoms with Crippen LogP contribution in [0.3, 0.4) is 0 Å². The van der Waals surface area contributed by atoms with Crippen LogP contribution in [0, 0.1) is 5.92 Å². The van der Waals surface area contributed by atoms with E-state index in [-0.39, 0.29) is 6.10 Å². The highest BCUT2D eigenvalue weighted by Crippen LogP contribution is 2.19. The monoisotopic (exact) mass is 237 g/mol. The van der Waals surface area contributed by atoms with E-state index in [2.05, 4.69) is 26.1 Å². The Kier molecular flexibility index (Phi) is 5.84. The summed E-state index contributed by atoms with van der Waals surface area (Å²) in [6.07, 6.45) is 0.198. The molecule has 0 fully saturated rings. The first kappa shape index (κ1) is 13.8. The molecule has 0 aliphatic carbocycles.